The molecule has 1 aromatic carbocycles. The monoisotopic (exact) mass is 261 g/mol. The average Bonchev–Trinajstić information content (AvgIpc) is 2.77. The molecule has 1 saturated heterocycles. The van der Waals surface area contributed by atoms with Crippen LogP contribution in [0.4, 0.5) is 0 Å². The summed E-state index contributed by atoms with van der Waals surface area (Å²) in [4.78, 5) is 0. The molecule has 0 bridgehead atoms. The molecule has 0 amide bonds. The maximum Gasteiger partial charge on any atom is 0.0808 e. The van der Waals surface area contributed by atoms with Crippen LogP contribution in [0.25, 0.3) is 0 Å². The normalized spacial score (nSPS) is 25.5. The summed E-state index contributed by atoms with van der Waals surface area (Å²) in [6.07, 6.45) is 3.10. The van der Waals surface area contributed by atoms with Crippen LogP contribution in [0.15, 0.2) is 24.3 Å². The highest BCUT2D eigenvalue weighted by Crippen LogP contribution is 2.29. The Kier molecular flexibility index (Phi) is 4.03. The standard InChI is InChI=1S/C17H27NO/c1-16(2,3)14-8-6-13(7-9-14)12-15(18)17(4)10-5-11-19-17/h6-9,15H,5,10-12,18H2,1-4H3. The number of rotatable bonds is 3. The van der Waals surface area contributed by atoms with E-state index in [9.17, 15) is 0 Å². The predicted molar refractivity (Wildman–Crippen MR) is 80.4 cm³/mol. The summed E-state index contributed by atoms with van der Waals surface area (Å²) in [7, 11) is 0. The SMILES string of the molecule is CC(C)(C)c1ccc(CC(N)C2(C)CCCO2)cc1. The van der Waals surface area contributed by atoms with Gasteiger partial charge in [0.25, 0.3) is 0 Å². The third-order valence-corrected chi connectivity index (χ3v) is 4.31. The van der Waals surface area contributed by atoms with E-state index in [-0.39, 0.29) is 17.1 Å². The fourth-order valence-corrected chi connectivity index (χ4v) is 2.70. The second-order valence-electron chi connectivity index (χ2n) is 7.02. The van der Waals surface area contributed by atoms with Gasteiger partial charge in [-0.15, -0.1) is 0 Å². The Morgan fingerprint density at radius 3 is 2.37 bits per heavy atom. The van der Waals surface area contributed by atoms with E-state index < -0.39 is 0 Å². The van der Waals surface area contributed by atoms with E-state index >= 15 is 0 Å². The van der Waals surface area contributed by atoms with E-state index in [1.807, 2.05) is 0 Å². The summed E-state index contributed by atoms with van der Waals surface area (Å²) < 4.78 is 5.83. The van der Waals surface area contributed by atoms with Crippen LogP contribution in [0.5, 0.6) is 0 Å². The molecule has 1 heterocycles. The van der Waals surface area contributed by atoms with Gasteiger partial charge in [0.1, 0.15) is 0 Å². The van der Waals surface area contributed by atoms with E-state index in [2.05, 4.69) is 52.0 Å². The smallest absolute Gasteiger partial charge is 0.0808 e. The molecular formula is C17H27NO. The minimum atomic E-state index is -0.136. The lowest BCUT2D eigenvalue weighted by atomic mass is 9.85. The first-order valence-electron chi connectivity index (χ1n) is 7.30. The molecule has 1 fully saturated rings. The minimum absolute atomic E-state index is 0.0792. The molecule has 2 N–H and O–H groups in total. The summed E-state index contributed by atoms with van der Waals surface area (Å²) in [6, 6.07) is 8.94. The van der Waals surface area contributed by atoms with Gasteiger partial charge in [-0.1, -0.05) is 45.0 Å². The summed E-state index contributed by atoms with van der Waals surface area (Å²) in [6.45, 7) is 9.71. The van der Waals surface area contributed by atoms with E-state index in [1.165, 1.54) is 11.1 Å². The van der Waals surface area contributed by atoms with Crippen LogP contribution in [0.2, 0.25) is 0 Å². The van der Waals surface area contributed by atoms with Gasteiger partial charge in [-0.25, -0.2) is 0 Å². The Morgan fingerprint density at radius 1 is 1.26 bits per heavy atom. The van der Waals surface area contributed by atoms with Crippen molar-refractivity contribution in [2.45, 2.75) is 64.0 Å². The van der Waals surface area contributed by atoms with Crippen molar-refractivity contribution < 1.29 is 4.74 Å². The molecule has 1 aliphatic rings. The first kappa shape index (κ1) is 14.5. The number of ether oxygens (including phenoxy) is 1. The number of hydrogen-bond donors (Lipinski definition) is 1. The topological polar surface area (TPSA) is 35.2 Å². The molecule has 2 unspecified atom stereocenters. The van der Waals surface area contributed by atoms with Crippen LogP contribution in [0.1, 0.15) is 51.7 Å². The van der Waals surface area contributed by atoms with E-state index in [4.69, 9.17) is 10.5 Å². The predicted octanol–water partition coefficient (Wildman–Crippen LogP) is 3.42. The molecule has 0 spiro atoms. The maximum atomic E-state index is 6.34. The molecule has 0 saturated carbocycles. The minimum Gasteiger partial charge on any atom is -0.374 e. The van der Waals surface area contributed by atoms with Crippen molar-refractivity contribution in [3.05, 3.63) is 35.4 Å². The van der Waals surface area contributed by atoms with Gasteiger partial charge in [0.05, 0.1) is 5.60 Å². The zero-order valence-electron chi connectivity index (χ0n) is 12.7. The van der Waals surface area contributed by atoms with Gasteiger partial charge < -0.3 is 10.5 Å². The molecule has 2 atom stereocenters. The molecule has 0 aliphatic carbocycles. The second-order valence-corrected chi connectivity index (χ2v) is 7.02. The van der Waals surface area contributed by atoms with Gasteiger partial charge in [0.2, 0.25) is 0 Å². The summed E-state index contributed by atoms with van der Waals surface area (Å²) in [5.41, 5.74) is 9.09. The third kappa shape index (κ3) is 3.37. The molecule has 0 aromatic heterocycles. The summed E-state index contributed by atoms with van der Waals surface area (Å²) >= 11 is 0. The Balaban J connectivity index is 2.03. The lowest BCUT2D eigenvalue weighted by molar-refractivity contribution is -0.000905. The van der Waals surface area contributed by atoms with Gasteiger partial charge in [0, 0.05) is 12.6 Å². The molecule has 19 heavy (non-hydrogen) atoms. The summed E-state index contributed by atoms with van der Waals surface area (Å²) in [5.74, 6) is 0. The van der Waals surface area contributed by atoms with Gasteiger partial charge in [-0.2, -0.15) is 0 Å². The van der Waals surface area contributed by atoms with Crippen molar-refractivity contribution in [1.82, 2.24) is 0 Å². The highest BCUT2D eigenvalue weighted by atomic mass is 16.5. The van der Waals surface area contributed by atoms with Crippen molar-refractivity contribution in [2.75, 3.05) is 6.61 Å². The van der Waals surface area contributed by atoms with E-state index in [0.29, 0.717) is 0 Å². The Bertz CT molecular complexity index is 410. The molecular weight excluding hydrogens is 234 g/mol. The van der Waals surface area contributed by atoms with Crippen molar-refractivity contribution >= 4 is 0 Å². The Labute approximate surface area is 117 Å². The Hall–Kier alpha value is -0.860. The molecule has 2 heteroatoms. The third-order valence-electron chi connectivity index (χ3n) is 4.31. The fourth-order valence-electron chi connectivity index (χ4n) is 2.70. The van der Waals surface area contributed by atoms with Crippen molar-refractivity contribution in [3.63, 3.8) is 0 Å². The zero-order valence-corrected chi connectivity index (χ0v) is 12.7. The lowest BCUT2D eigenvalue weighted by Crippen LogP contribution is -2.46. The van der Waals surface area contributed by atoms with Gasteiger partial charge in [0.15, 0.2) is 0 Å². The molecule has 106 valence electrons. The number of hydrogen-bond acceptors (Lipinski definition) is 2. The van der Waals surface area contributed by atoms with Gasteiger partial charge in [-0.3, -0.25) is 0 Å². The van der Waals surface area contributed by atoms with Crippen LogP contribution in [-0.2, 0) is 16.6 Å². The molecule has 2 rings (SSSR count). The Morgan fingerprint density at radius 2 is 1.89 bits per heavy atom. The van der Waals surface area contributed by atoms with Gasteiger partial charge >= 0.3 is 0 Å². The van der Waals surface area contributed by atoms with Crippen molar-refractivity contribution in [2.24, 2.45) is 5.73 Å². The van der Waals surface area contributed by atoms with Crippen molar-refractivity contribution in [1.29, 1.82) is 0 Å². The second kappa shape index (κ2) is 5.26. The van der Waals surface area contributed by atoms with Crippen LogP contribution in [-0.4, -0.2) is 18.2 Å². The van der Waals surface area contributed by atoms with Crippen LogP contribution in [0, 0.1) is 0 Å². The van der Waals surface area contributed by atoms with E-state index in [0.717, 1.165) is 25.9 Å². The number of nitrogens with two attached hydrogens (primary N) is 1. The highest BCUT2D eigenvalue weighted by molar-refractivity contribution is 5.28. The van der Waals surface area contributed by atoms with E-state index in [1.54, 1.807) is 0 Å². The first-order valence-corrected chi connectivity index (χ1v) is 7.30. The van der Waals surface area contributed by atoms with Gasteiger partial charge in [-0.05, 0) is 42.7 Å². The quantitative estimate of drug-likeness (QED) is 0.905. The maximum absolute atomic E-state index is 6.34. The highest BCUT2D eigenvalue weighted by Gasteiger charge is 2.36. The zero-order chi connectivity index (χ0) is 14.1. The van der Waals surface area contributed by atoms with Crippen LogP contribution >= 0.6 is 0 Å². The van der Waals surface area contributed by atoms with Crippen LogP contribution in [0.3, 0.4) is 0 Å². The first-order chi connectivity index (χ1) is 8.81. The largest absolute Gasteiger partial charge is 0.374 e. The summed E-state index contributed by atoms with van der Waals surface area (Å²) in [5, 5.41) is 0. The molecule has 2 nitrogen and oxygen atoms in total. The lowest BCUT2D eigenvalue weighted by Gasteiger charge is -2.30. The number of benzene rings is 1. The fraction of sp³-hybridized carbons (Fsp3) is 0.647. The molecule has 1 aliphatic heterocycles. The molecule has 1 aromatic rings. The van der Waals surface area contributed by atoms with Crippen molar-refractivity contribution in [3.8, 4) is 0 Å². The molecule has 0 radical (unpaired) electrons. The van der Waals surface area contributed by atoms with Crippen LogP contribution < -0.4 is 5.73 Å². The average molecular weight is 261 g/mol.